The molecule has 0 saturated carbocycles. The van der Waals surface area contributed by atoms with Crippen molar-refractivity contribution >= 4 is 38.6 Å². The topological polar surface area (TPSA) is 66.8 Å². The van der Waals surface area contributed by atoms with Crippen LogP contribution in [0.5, 0.6) is 0 Å². The van der Waals surface area contributed by atoms with Gasteiger partial charge in [-0.15, -0.1) is 0 Å². The van der Waals surface area contributed by atoms with Gasteiger partial charge in [-0.3, -0.25) is 9.69 Å². The molecule has 154 valence electrons. The quantitative estimate of drug-likeness (QED) is 0.560. The SMILES string of the molecule is CC1(C)OC(=O)[C@](C)([C@@H](O)c2cccc(Br)c2)N1C(=O)c1cccc2ccccc12. The van der Waals surface area contributed by atoms with E-state index in [9.17, 15) is 14.7 Å². The highest BCUT2D eigenvalue weighted by atomic mass is 79.9. The first-order valence-corrected chi connectivity index (χ1v) is 10.4. The summed E-state index contributed by atoms with van der Waals surface area (Å²) in [6, 6.07) is 20.1. The van der Waals surface area contributed by atoms with Crippen molar-refractivity contribution in [1.29, 1.82) is 0 Å². The van der Waals surface area contributed by atoms with Gasteiger partial charge in [0, 0.05) is 10.0 Å². The van der Waals surface area contributed by atoms with Gasteiger partial charge in [0.05, 0.1) is 0 Å². The Balaban J connectivity index is 1.86. The number of ether oxygens (including phenoxy) is 1. The lowest BCUT2D eigenvalue weighted by molar-refractivity contribution is -0.151. The van der Waals surface area contributed by atoms with Gasteiger partial charge in [0.15, 0.2) is 11.3 Å². The minimum Gasteiger partial charge on any atom is -0.438 e. The Morgan fingerprint density at radius 3 is 2.43 bits per heavy atom. The number of fused-ring (bicyclic) bond motifs is 1. The van der Waals surface area contributed by atoms with Gasteiger partial charge in [-0.2, -0.15) is 0 Å². The van der Waals surface area contributed by atoms with Crippen molar-refractivity contribution in [2.24, 2.45) is 0 Å². The van der Waals surface area contributed by atoms with Gasteiger partial charge < -0.3 is 9.84 Å². The van der Waals surface area contributed by atoms with Crippen LogP contribution in [0.2, 0.25) is 0 Å². The summed E-state index contributed by atoms with van der Waals surface area (Å²) in [5, 5.41) is 13.0. The number of aliphatic hydroxyl groups is 1. The smallest absolute Gasteiger partial charge is 0.337 e. The van der Waals surface area contributed by atoms with E-state index in [0.717, 1.165) is 15.2 Å². The summed E-state index contributed by atoms with van der Waals surface area (Å²) in [5.74, 6) is -1.02. The lowest BCUT2D eigenvalue weighted by atomic mass is 9.86. The molecule has 1 heterocycles. The highest BCUT2D eigenvalue weighted by molar-refractivity contribution is 9.10. The van der Waals surface area contributed by atoms with Crippen molar-refractivity contribution in [3.05, 3.63) is 82.3 Å². The highest BCUT2D eigenvalue weighted by Gasteiger charge is 2.62. The van der Waals surface area contributed by atoms with Crippen molar-refractivity contribution in [2.45, 2.75) is 38.1 Å². The van der Waals surface area contributed by atoms with E-state index in [4.69, 9.17) is 4.74 Å². The number of rotatable bonds is 3. The van der Waals surface area contributed by atoms with Crippen LogP contribution in [-0.4, -0.2) is 33.1 Å². The lowest BCUT2D eigenvalue weighted by Gasteiger charge is -2.40. The molecule has 0 aromatic heterocycles. The molecule has 0 bridgehead atoms. The van der Waals surface area contributed by atoms with E-state index in [0.29, 0.717) is 11.1 Å². The van der Waals surface area contributed by atoms with Crippen LogP contribution >= 0.6 is 15.9 Å². The normalized spacial score (nSPS) is 21.5. The highest BCUT2D eigenvalue weighted by Crippen LogP contribution is 2.45. The maximum absolute atomic E-state index is 13.8. The molecule has 1 aliphatic heterocycles. The molecule has 5 nitrogen and oxygen atoms in total. The number of hydrogen-bond acceptors (Lipinski definition) is 4. The third-order valence-electron chi connectivity index (χ3n) is 5.68. The van der Waals surface area contributed by atoms with Gasteiger partial charge in [0.2, 0.25) is 0 Å². The zero-order valence-corrected chi connectivity index (χ0v) is 18.5. The number of benzene rings is 3. The molecule has 0 spiro atoms. The van der Waals surface area contributed by atoms with E-state index in [-0.39, 0.29) is 5.91 Å². The molecular formula is C24H22BrNO4. The van der Waals surface area contributed by atoms with Crippen molar-refractivity contribution in [3.63, 3.8) is 0 Å². The van der Waals surface area contributed by atoms with Crippen LogP contribution in [0.3, 0.4) is 0 Å². The molecule has 3 aromatic carbocycles. The number of nitrogens with zero attached hydrogens (tertiary/aromatic N) is 1. The minimum absolute atomic E-state index is 0.376. The Labute approximate surface area is 183 Å². The van der Waals surface area contributed by atoms with Crippen LogP contribution in [0.1, 0.15) is 42.8 Å². The van der Waals surface area contributed by atoms with E-state index >= 15 is 0 Å². The monoisotopic (exact) mass is 467 g/mol. The number of carbonyl (C=O) groups is 2. The molecule has 1 N–H and O–H groups in total. The minimum atomic E-state index is -1.60. The number of halogens is 1. The molecule has 1 fully saturated rings. The molecule has 2 atom stereocenters. The van der Waals surface area contributed by atoms with E-state index in [2.05, 4.69) is 15.9 Å². The first-order chi connectivity index (χ1) is 14.2. The summed E-state index contributed by atoms with van der Waals surface area (Å²) in [5.41, 5.74) is -1.87. The molecule has 1 saturated heterocycles. The average molecular weight is 468 g/mol. The summed E-state index contributed by atoms with van der Waals surface area (Å²) in [6.07, 6.45) is -1.27. The van der Waals surface area contributed by atoms with Crippen LogP contribution in [-0.2, 0) is 9.53 Å². The molecular weight excluding hydrogens is 446 g/mol. The summed E-state index contributed by atoms with van der Waals surface area (Å²) < 4.78 is 6.36. The molecule has 1 amide bonds. The van der Waals surface area contributed by atoms with Crippen LogP contribution in [0.4, 0.5) is 0 Å². The van der Waals surface area contributed by atoms with Gasteiger partial charge in [-0.1, -0.05) is 64.5 Å². The Bertz CT molecular complexity index is 1150. The second kappa shape index (κ2) is 7.22. The molecule has 6 heteroatoms. The molecule has 30 heavy (non-hydrogen) atoms. The predicted octanol–water partition coefficient (Wildman–Crippen LogP) is 4.83. The number of aliphatic hydroxyl groups excluding tert-OH is 1. The summed E-state index contributed by atoms with van der Waals surface area (Å²) in [6.45, 7) is 4.87. The standard InChI is InChI=1S/C24H22BrNO4/c1-23(2)26(21(28)19-13-7-9-15-8-4-5-12-18(15)19)24(3,22(29)30-23)20(27)16-10-6-11-17(25)14-16/h4-14,20,27H,1-3H3/t20-,24-/m0/s1. The summed E-state index contributed by atoms with van der Waals surface area (Å²) in [7, 11) is 0. The van der Waals surface area contributed by atoms with Gasteiger partial charge in [0.25, 0.3) is 5.91 Å². The fourth-order valence-corrected chi connectivity index (χ4v) is 4.67. The van der Waals surface area contributed by atoms with Gasteiger partial charge in [-0.05, 0) is 55.3 Å². The maximum atomic E-state index is 13.8. The second-order valence-electron chi connectivity index (χ2n) is 8.11. The van der Waals surface area contributed by atoms with Crippen molar-refractivity contribution in [2.75, 3.05) is 0 Å². The van der Waals surface area contributed by atoms with Gasteiger partial charge in [-0.25, -0.2) is 4.79 Å². The fourth-order valence-electron chi connectivity index (χ4n) is 4.25. The molecule has 1 aliphatic rings. The maximum Gasteiger partial charge on any atom is 0.337 e. The zero-order valence-electron chi connectivity index (χ0n) is 16.9. The summed E-state index contributed by atoms with van der Waals surface area (Å²) >= 11 is 3.39. The number of amides is 1. The predicted molar refractivity (Wildman–Crippen MR) is 118 cm³/mol. The zero-order chi connectivity index (χ0) is 21.7. The van der Waals surface area contributed by atoms with Crippen molar-refractivity contribution in [1.82, 2.24) is 4.90 Å². The Morgan fingerprint density at radius 2 is 1.70 bits per heavy atom. The fraction of sp³-hybridized carbons (Fsp3) is 0.250. The van der Waals surface area contributed by atoms with Gasteiger partial charge >= 0.3 is 5.97 Å². The van der Waals surface area contributed by atoms with E-state index in [1.54, 1.807) is 45.0 Å². The van der Waals surface area contributed by atoms with Crippen LogP contribution in [0.15, 0.2) is 71.2 Å². The lowest BCUT2D eigenvalue weighted by Crippen LogP contribution is -2.58. The average Bonchev–Trinajstić information content (AvgIpc) is 2.90. The first kappa shape index (κ1) is 20.6. The third kappa shape index (κ3) is 3.11. The molecule has 0 aliphatic carbocycles. The van der Waals surface area contributed by atoms with E-state index in [1.165, 1.54) is 4.90 Å². The Morgan fingerprint density at radius 1 is 1.03 bits per heavy atom. The first-order valence-electron chi connectivity index (χ1n) is 9.65. The van der Waals surface area contributed by atoms with Crippen molar-refractivity contribution in [3.8, 4) is 0 Å². The number of cyclic esters (lactones) is 1. The van der Waals surface area contributed by atoms with Gasteiger partial charge in [0.1, 0.15) is 6.10 Å². The summed E-state index contributed by atoms with van der Waals surface area (Å²) in [4.78, 5) is 28.2. The van der Waals surface area contributed by atoms with E-state index in [1.807, 2.05) is 42.5 Å². The molecule has 0 unspecified atom stereocenters. The van der Waals surface area contributed by atoms with Crippen LogP contribution in [0, 0.1) is 0 Å². The Kier molecular flexibility index (Phi) is 4.95. The Hall–Kier alpha value is -2.70. The third-order valence-corrected chi connectivity index (χ3v) is 6.17. The number of esters is 1. The number of hydrogen-bond donors (Lipinski definition) is 1. The van der Waals surface area contributed by atoms with Crippen LogP contribution in [0.25, 0.3) is 10.8 Å². The van der Waals surface area contributed by atoms with Crippen molar-refractivity contribution < 1.29 is 19.4 Å². The molecule has 0 radical (unpaired) electrons. The second-order valence-corrected chi connectivity index (χ2v) is 9.02. The molecule has 3 aromatic rings. The molecule has 4 rings (SSSR count). The number of carbonyl (C=O) groups excluding carboxylic acids is 2. The van der Waals surface area contributed by atoms with E-state index < -0.39 is 23.3 Å². The largest absolute Gasteiger partial charge is 0.438 e. The van der Waals surface area contributed by atoms with Crippen LogP contribution < -0.4 is 0 Å².